The molecule has 320 valence electrons. The number of benzene rings is 1. The quantitative estimate of drug-likeness (QED) is 0.156. The van der Waals surface area contributed by atoms with Crippen LogP contribution >= 0.6 is 11.6 Å². The van der Waals surface area contributed by atoms with Crippen molar-refractivity contribution in [3.63, 3.8) is 0 Å². The summed E-state index contributed by atoms with van der Waals surface area (Å²) in [6.07, 6.45) is 6.48. The first-order chi connectivity index (χ1) is 26.9. The molecule has 0 saturated heterocycles. The van der Waals surface area contributed by atoms with Crippen LogP contribution in [0.5, 0.6) is 0 Å². The maximum Gasteiger partial charge on any atom is 0.376 e. The van der Waals surface area contributed by atoms with Crippen molar-refractivity contribution < 1.29 is 38.8 Å². The van der Waals surface area contributed by atoms with Crippen LogP contribution in [0.25, 0.3) is 0 Å². The SMILES string of the molecule is CB(O)N(Cc1ccccc1Cl)C[C@@H](OC(C)=O)[C@@]12CC[C@]3(C)[C@H](CC[C@@H]4[C@@]5(C)CC[C@H](OC(=O)CC(C)(C)C(=O)O)C(C)(C)[C@@H]5CC[C@]43C)C1=C(C(C)C)C(=O)C2. The number of ether oxygens (including phenoxy) is 2. The number of hydrogen-bond donors (Lipinski definition) is 2. The summed E-state index contributed by atoms with van der Waals surface area (Å²) in [6.45, 7) is 23.2. The van der Waals surface area contributed by atoms with Gasteiger partial charge in [0.05, 0.1) is 11.8 Å². The molecular formula is C47H69BClNO8. The summed E-state index contributed by atoms with van der Waals surface area (Å²) >= 11 is 6.61. The van der Waals surface area contributed by atoms with Gasteiger partial charge in [0.25, 0.3) is 0 Å². The number of carbonyl (C=O) groups is 4. The van der Waals surface area contributed by atoms with Crippen LogP contribution < -0.4 is 0 Å². The second-order valence-corrected chi connectivity index (χ2v) is 21.7. The van der Waals surface area contributed by atoms with E-state index in [1.807, 2.05) is 29.1 Å². The Balaban J connectivity index is 1.34. The summed E-state index contributed by atoms with van der Waals surface area (Å²) in [4.78, 5) is 54.4. The molecule has 0 aliphatic heterocycles. The fraction of sp³-hybridized carbons (Fsp3) is 0.745. The molecule has 5 aliphatic carbocycles. The minimum atomic E-state index is -1.19. The normalized spacial score (nSPS) is 34.8. The van der Waals surface area contributed by atoms with Crippen molar-refractivity contribution in [1.29, 1.82) is 0 Å². The van der Waals surface area contributed by atoms with Gasteiger partial charge in [-0.1, -0.05) is 78.3 Å². The lowest BCUT2D eigenvalue weighted by atomic mass is 9.33. The van der Waals surface area contributed by atoms with E-state index in [4.69, 9.17) is 21.1 Å². The lowest BCUT2D eigenvalue weighted by Gasteiger charge is -2.72. The largest absolute Gasteiger partial charge is 0.481 e. The molecule has 0 heterocycles. The van der Waals surface area contributed by atoms with Gasteiger partial charge in [0.1, 0.15) is 12.2 Å². The molecule has 0 unspecified atom stereocenters. The summed E-state index contributed by atoms with van der Waals surface area (Å²) in [5.41, 5.74) is 0.680. The summed E-state index contributed by atoms with van der Waals surface area (Å²) in [7, 11) is -0.849. The topological polar surface area (TPSA) is 130 Å². The summed E-state index contributed by atoms with van der Waals surface area (Å²) in [5.74, 6) is -0.804. The highest BCUT2D eigenvalue weighted by Gasteiger charge is 2.71. The standard InChI is InChI=1S/C47H69BClNO8/c1-28(2)39-33(52)24-47(37(57-29(3)51)27-50(48(11)56)26-30-14-12-13-15-32(30)49)23-22-45(9)31(40(39)47)16-17-35-44(8)20-19-36(58-38(53)25-42(4,5)41(54)55)43(6,7)34(44)18-21-46(35,45)10/h12-15,28,31,34-37,56H,16-27H2,1-11H3,(H,54,55)/t31-,34+,35-,36+,37-,44+,45-,46-,47+/m1/s1. The molecule has 0 bridgehead atoms. The molecule has 1 aromatic rings. The molecule has 5 aliphatic rings. The average Bonchev–Trinajstić information content (AvgIpc) is 3.42. The number of esters is 2. The number of allylic oxidation sites excluding steroid dienone is 1. The molecule has 0 spiro atoms. The van der Waals surface area contributed by atoms with Crippen molar-refractivity contribution in [2.24, 2.45) is 56.2 Å². The van der Waals surface area contributed by atoms with Crippen LogP contribution in [0.15, 0.2) is 35.4 Å². The maximum atomic E-state index is 14.5. The Labute approximate surface area is 352 Å². The monoisotopic (exact) mass is 821 g/mol. The number of halogens is 1. The number of aliphatic carboxylic acids is 1. The van der Waals surface area contributed by atoms with Crippen LogP contribution in [0.1, 0.15) is 139 Å². The Morgan fingerprint density at radius 2 is 1.64 bits per heavy atom. The van der Waals surface area contributed by atoms with E-state index in [1.54, 1.807) is 20.7 Å². The van der Waals surface area contributed by atoms with E-state index >= 15 is 0 Å². The van der Waals surface area contributed by atoms with Gasteiger partial charge in [0.2, 0.25) is 0 Å². The van der Waals surface area contributed by atoms with E-state index in [2.05, 4.69) is 48.5 Å². The molecule has 58 heavy (non-hydrogen) atoms. The predicted molar refractivity (Wildman–Crippen MR) is 227 cm³/mol. The Bertz CT molecular complexity index is 1840. The zero-order chi connectivity index (χ0) is 43.0. The molecule has 9 nitrogen and oxygen atoms in total. The number of ketones is 1. The van der Waals surface area contributed by atoms with Gasteiger partial charge in [0, 0.05) is 42.3 Å². The van der Waals surface area contributed by atoms with Gasteiger partial charge in [-0.2, -0.15) is 0 Å². The van der Waals surface area contributed by atoms with Crippen LogP contribution in [0.2, 0.25) is 11.8 Å². The molecule has 11 heteroatoms. The minimum Gasteiger partial charge on any atom is -0.481 e. The van der Waals surface area contributed by atoms with Crippen LogP contribution in [-0.4, -0.2) is 64.4 Å². The van der Waals surface area contributed by atoms with E-state index in [0.29, 0.717) is 36.2 Å². The second-order valence-electron chi connectivity index (χ2n) is 21.3. The maximum absolute atomic E-state index is 14.5. The van der Waals surface area contributed by atoms with Gasteiger partial charge in [0.15, 0.2) is 5.78 Å². The van der Waals surface area contributed by atoms with Crippen LogP contribution in [0.4, 0.5) is 0 Å². The van der Waals surface area contributed by atoms with Gasteiger partial charge in [-0.15, -0.1) is 0 Å². The highest BCUT2D eigenvalue weighted by Crippen LogP contribution is 2.77. The summed E-state index contributed by atoms with van der Waals surface area (Å²) in [6, 6.07) is 7.59. The third-order valence-corrected chi connectivity index (χ3v) is 17.4. The van der Waals surface area contributed by atoms with Crippen LogP contribution in [0, 0.1) is 56.2 Å². The molecule has 9 atom stereocenters. The van der Waals surface area contributed by atoms with E-state index in [0.717, 1.165) is 56.1 Å². The van der Waals surface area contributed by atoms with Gasteiger partial charge in [-0.3, -0.25) is 19.2 Å². The lowest BCUT2D eigenvalue weighted by molar-refractivity contribution is -0.235. The molecule has 2 N–H and O–H groups in total. The zero-order valence-electron chi connectivity index (χ0n) is 37.0. The number of nitrogens with zero attached hydrogens (tertiary/aromatic N) is 1. The van der Waals surface area contributed by atoms with Crippen molar-refractivity contribution in [2.75, 3.05) is 6.54 Å². The number of rotatable bonds is 12. The van der Waals surface area contributed by atoms with Crippen molar-refractivity contribution in [3.8, 4) is 0 Å². The Kier molecular flexibility index (Phi) is 12.1. The molecule has 6 rings (SSSR count). The lowest BCUT2D eigenvalue weighted by Crippen LogP contribution is -2.66. The van der Waals surface area contributed by atoms with Crippen molar-refractivity contribution in [2.45, 2.75) is 159 Å². The third kappa shape index (κ3) is 7.31. The first-order valence-corrected chi connectivity index (χ1v) is 22.3. The van der Waals surface area contributed by atoms with E-state index < -0.39 is 41.9 Å². The number of fused-ring (bicyclic) bond motifs is 7. The smallest absolute Gasteiger partial charge is 0.376 e. The molecule has 0 radical (unpaired) electrons. The van der Waals surface area contributed by atoms with Crippen molar-refractivity contribution in [1.82, 2.24) is 4.81 Å². The van der Waals surface area contributed by atoms with E-state index in [1.165, 1.54) is 12.5 Å². The number of carboxylic acid groups (broad SMARTS) is 1. The van der Waals surface area contributed by atoms with Gasteiger partial charge < -0.3 is 24.4 Å². The highest BCUT2D eigenvalue weighted by molar-refractivity contribution is 6.45. The van der Waals surface area contributed by atoms with Crippen molar-refractivity contribution >= 4 is 42.3 Å². The number of carbonyl (C=O) groups excluding carboxylic acids is 3. The Morgan fingerprint density at radius 3 is 2.24 bits per heavy atom. The molecular weight excluding hydrogens is 753 g/mol. The minimum absolute atomic E-state index is 0.000231. The van der Waals surface area contributed by atoms with Crippen LogP contribution in [0.3, 0.4) is 0 Å². The fourth-order valence-electron chi connectivity index (χ4n) is 13.8. The van der Waals surface area contributed by atoms with Gasteiger partial charge >= 0.3 is 25.0 Å². The molecule has 1 aromatic carbocycles. The summed E-state index contributed by atoms with van der Waals surface area (Å²) < 4.78 is 12.6. The Morgan fingerprint density at radius 1 is 0.966 bits per heavy atom. The third-order valence-electron chi connectivity index (χ3n) is 17.0. The highest BCUT2D eigenvalue weighted by atomic mass is 35.5. The molecule has 4 fully saturated rings. The van der Waals surface area contributed by atoms with E-state index in [9.17, 15) is 29.3 Å². The summed E-state index contributed by atoms with van der Waals surface area (Å²) in [5, 5.41) is 21.4. The first kappa shape index (κ1) is 44.9. The predicted octanol–water partition coefficient (Wildman–Crippen LogP) is 9.58. The van der Waals surface area contributed by atoms with Crippen LogP contribution in [-0.2, 0) is 35.2 Å². The van der Waals surface area contributed by atoms with Crippen molar-refractivity contribution in [3.05, 3.63) is 46.0 Å². The number of Topliss-reactive ketones (excluding diaryl/α,β-unsaturated/α-hetero) is 1. The molecule has 0 aromatic heterocycles. The van der Waals surface area contributed by atoms with E-state index in [-0.39, 0.29) is 58.3 Å². The number of carboxylic acids is 1. The molecule has 4 saturated carbocycles. The fourth-order valence-corrected chi connectivity index (χ4v) is 14.0. The molecule has 0 amide bonds. The average molecular weight is 822 g/mol. The number of hydrogen-bond acceptors (Lipinski definition) is 8. The Hall–Kier alpha value is -2.69. The first-order valence-electron chi connectivity index (χ1n) is 21.9. The second kappa shape index (κ2) is 15.7. The zero-order valence-corrected chi connectivity index (χ0v) is 37.8. The van der Waals surface area contributed by atoms with Gasteiger partial charge in [-0.05, 0) is 135 Å². The van der Waals surface area contributed by atoms with Gasteiger partial charge in [-0.25, -0.2) is 0 Å².